The predicted molar refractivity (Wildman–Crippen MR) is 109 cm³/mol. The van der Waals surface area contributed by atoms with Crippen LogP contribution in [0, 0.1) is 5.82 Å². The highest BCUT2D eigenvalue weighted by atomic mass is 19.1. The van der Waals surface area contributed by atoms with E-state index in [2.05, 4.69) is 25.6 Å². The van der Waals surface area contributed by atoms with Gasteiger partial charge in [0.25, 0.3) is 5.91 Å². The normalized spacial score (nSPS) is 12.0. The van der Waals surface area contributed by atoms with Gasteiger partial charge in [-0.2, -0.15) is 0 Å². The Labute approximate surface area is 162 Å². The first kappa shape index (κ1) is 19.4. The third kappa shape index (κ3) is 3.83. The molecule has 9 heteroatoms. The van der Waals surface area contributed by atoms with E-state index in [0.717, 1.165) is 11.4 Å². The maximum absolute atomic E-state index is 13.8. The number of aromatic nitrogens is 3. The summed E-state index contributed by atoms with van der Waals surface area (Å²) in [6.45, 7) is 4.91. The topological polar surface area (TPSA) is 112 Å². The standard InChI is InChI=1S/C19H24FN7O/c1-4-27(15-9-12(20)5-6-13(15)22-3)11(2)10-24-19(28)16-17(21)26-18-14(25-16)7-8-23-18/h5-9,11,22H,4,10H2,1-3H3,(H,24,28)(H3,21,23,26). The number of likely N-dealkylation sites (N-methyl/N-ethyl adjacent to an activating group) is 1. The Kier molecular flexibility index (Phi) is 5.62. The third-order valence-corrected chi connectivity index (χ3v) is 4.60. The highest BCUT2D eigenvalue weighted by molar-refractivity contribution is 5.98. The van der Waals surface area contributed by atoms with Crippen molar-refractivity contribution in [1.29, 1.82) is 0 Å². The Morgan fingerprint density at radius 2 is 2.14 bits per heavy atom. The number of hydrogen-bond acceptors (Lipinski definition) is 6. The summed E-state index contributed by atoms with van der Waals surface area (Å²) in [4.78, 5) is 25.9. The van der Waals surface area contributed by atoms with Gasteiger partial charge in [-0.3, -0.25) is 4.79 Å². The van der Waals surface area contributed by atoms with Gasteiger partial charge in [0.05, 0.1) is 11.4 Å². The number of H-pyrrole nitrogens is 1. The number of hydrogen-bond donors (Lipinski definition) is 4. The van der Waals surface area contributed by atoms with E-state index in [0.29, 0.717) is 24.3 Å². The van der Waals surface area contributed by atoms with Crippen molar-refractivity contribution < 1.29 is 9.18 Å². The molecule has 8 nitrogen and oxygen atoms in total. The van der Waals surface area contributed by atoms with Crippen LogP contribution < -0.4 is 21.3 Å². The molecule has 1 aromatic carbocycles. The molecule has 2 aromatic heterocycles. The summed E-state index contributed by atoms with van der Waals surface area (Å²) < 4.78 is 13.8. The van der Waals surface area contributed by atoms with Crippen LogP contribution in [-0.4, -0.2) is 47.0 Å². The summed E-state index contributed by atoms with van der Waals surface area (Å²) in [7, 11) is 1.79. The summed E-state index contributed by atoms with van der Waals surface area (Å²) >= 11 is 0. The van der Waals surface area contributed by atoms with Crippen LogP contribution in [-0.2, 0) is 0 Å². The number of fused-ring (bicyclic) bond motifs is 1. The van der Waals surface area contributed by atoms with Gasteiger partial charge < -0.3 is 26.3 Å². The number of rotatable bonds is 7. The molecule has 0 fully saturated rings. The fraction of sp³-hybridized carbons (Fsp3) is 0.316. The van der Waals surface area contributed by atoms with Crippen molar-refractivity contribution in [3.05, 3.63) is 42.0 Å². The van der Waals surface area contributed by atoms with E-state index < -0.39 is 5.91 Å². The highest BCUT2D eigenvalue weighted by Crippen LogP contribution is 2.28. The van der Waals surface area contributed by atoms with E-state index in [9.17, 15) is 9.18 Å². The zero-order valence-electron chi connectivity index (χ0n) is 16.1. The van der Waals surface area contributed by atoms with Crippen molar-refractivity contribution in [2.75, 3.05) is 36.1 Å². The molecule has 0 spiro atoms. The number of aromatic amines is 1. The lowest BCUT2D eigenvalue weighted by atomic mass is 10.2. The molecule has 1 atom stereocenters. The molecule has 2 heterocycles. The van der Waals surface area contributed by atoms with Crippen molar-refractivity contribution >= 4 is 34.3 Å². The average molecular weight is 385 g/mol. The summed E-state index contributed by atoms with van der Waals surface area (Å²) in [5.74, 6) is -0.648. The number of nitrogens with one attached hydrogen (secondary N) is 3. The van der Waals surface area contributed by atoms with Gasteiger partial charge in [-0.25, -0.2) is 14.4 Å². The molecule has 28 heavy (non-hydrogen) atoms. The lowest BCUT2D eigenvalue weighted by Crippen LogP contribution is -2.43. The number of anilines is 3. The number of nitrogens with two attached hydrogens (primary N) is 1. The van der Waals surface area contributed by atoms with Crippen LogP contribution in [0.4, 0.5) is 21.6 Å². The number of nitrogen functional groups attached to an aromatic ring is 1. The monoisotopic (exact) mass is 385 g/mol. The van der Waals surface area contributed by atoms with E-state index in [-0.39, 0.29) is 23.4 Å². The number of nitrogens with zero attached hydrogens (tertiary/aromatic N) is 3. The Balaban J connectivity index is 1.74. The fourth-order valence-electron chi connectivity index (χ4n) is 3.16. The van der Waals surface area contributed by atoms with Crippen LogP contribution in [0.15, 0.2) is 30.5 Å². The minimum absolute atomic E-state index is 0.0649. The lowest BCUT2D eigenvalue weighted by molar-refractivity contribution is 0.0947. The molecule has 0 bridgehead atoms. The lowest BCUT2D eigenvalue weighted by Gasteiger charge is -2.32. The van der Waals surface area contributed by atoms with Crippen LogP contribution in [0.2, 0.25) is 0 Å². The van der Waals surface area contributed by atoms with Crippen molar-refractivity contribution in [3.8, 4) is 0 Å². The van der Waals surface area contributed by atoms with Gasteiger partial charge >= 0.3 is 0 Å². The molecule has 5 N–H and O–H groups in total. The van der Waals surface area contributed by atoms with Gasteiger partial charge in [0.1, 0.15) is 11.3 Å². The maximum Gasteiger partial charge on any atom is 0.273 e. The molecule has 0 aliphatic heterocycles. The van der Waals surface area contributed by atoms with Crippen molar-refractivity contribution in [2.45, 2.75) is 19.9 Å². The molecule has 0 aliphatic rings. The van der Waals surface area contributed by atoms with Crippen LogP contribution in [0.1, 0.15) is 24.3 Å². The van der Waals surface area contributed by atoms with E-state index in [4.69, 9.17) is 5.73 Å². The Morgan fingerprint density at radius 1 is 1.36 bits per heavy atom. The number of carbonyl (C=O) groups is 1. The first-order valence-corrected chi connectivity index (χ1v) is 9.07. The summed E-state index contributed by atoms with van der Waals surface area (Å²) in [5.41, 5.74) is 8.61. The van der Waals surface area contributed by atoms with Crippen LogP contribution in [0.25, 0.3) is 11.2 Å². The molecular weight excluding hydrogens is 361 g/mol. The molecule has 0 aliphatic carbocycles. The highest BCUT2D eigenvalue weighted by Gasteiger charge is 2.20. The second-order valence-electron chi connectivity index (χ2n) is 6.43. The molecule has 3 rings (SSSR count). The summed E-state index contributed by atoms with van der Waals surface area (Å²) in [5, 5.41) is 5.92. The maximum atomic E-state index is 13.8. The van der Waals surface area contributed by atoms with E-state index in [1.807, 2.05) is 18.7 Å². The summed E-state index contributed by atoms with van der Waals surface area (Å²) in [6, 6.07) is 6.23. The minimum atomic E-state index is -0.399. The summed E-state index contributed by atoms with van der Waals surface area (Å²) in [6.07, 6.45) is 1.69. The van der Waals surface area contributed by atoms with Gasteiger partial charge in [-0.1, -0.05) is 0 Å². The third-order valence-electron chi connectivity index (χ3n) is 4.60. The molecular formula is C19H24FN7O. The van der Waals surface area contributed by atoms with E-state index in [1.54, 1.807) is 25.4 Å². The Morgan fingerprint density at radius 3 is 2.86 bits per heavy atom. The van der Waals surface area contributed by atoms with Gasteiger partial charge in [0, 0.05) is 32.4 Å². The number of halogens is 1. The zero-order chi connectivity index (χ0) is 20.3. The molecule has 0 radical (unpaired) electrons. The molecule has 0 saturated carbocycles. The molecule has 148 valence electrons. The van der Waals surface area contributed by atoms with Crippen molar-refractivity contribution in [1.82, 2.24) is 20.3 Å². The molecule has 3 aromatic rings. The van der Waals surface area contributed by atoms with Crippen molar-refractivity contribution in [2.24, 2.45) is 0 Å². The second-order valence-corrected chi connectivity index (χ2v) is 6.43. The van der Waals surface area contributed by atoms with Gasteiger partial charge in [0.2, 0.25) is 0 Å². The van der Waals surface area contributed by atoms with Gasteiger partial charge in [0.15, 0.2) is 17.2 Å². The second kappa shape index (κ2) is 8.12. The molecule has 1 unspecified atom stereocenters. The predicted octanol–water partition coefficient (Wildman–Crippen LogP) is 2.37. The quantitative estimate of drug-likeness (QED) is 0.497. The van der Waals surface area contributed by atoms with Gasteiger partial charge in [-0.05, 0) is 38.1 Å². The van der Waals surface area contributed by atoms with E-state index in [1.165, 1.54) is 12.1 Å². The Hall–Kier alpha value is -3.36. The average Bonchev–Trinajstić information content (AvgIpc) is 3.13. The van der Waals surface area contributed by atoms with E-state index >= 15 is 0 Å². The first-order chi connectivity index (χ1) is 13.4. The van der Waals surface area contributed by atoms with Crippen molar-refractivity contribution in [3.63, 3.8) is 0 Å². The SMILES string of the molecule is CCN(c1cc(F)ccc1NC)C(C)CNC(=O)c1nc2cc[nH]c2nc1N. The van der Waals surface area contributed by atoms with Crippen LogP contribution in [0.3, 0.4) is 0 Å². The number of carbonyl (C=O) groups excluding carboxylic acids is 1. The molecule has 0 saturated heterocycles. The first-order valence-electron chi connectivity index (χ1n) is 9.07. The fourth-order valence-corrected chi connectivity index (χ4v) is 3.16. The zero-order valence-corrected chi connectivity index (χ0v) is 16.1. The number of amides is 1. The largest absolute Gasteiger partial charge is 0.386 e. The minimum Gasteiger partial charge on any atom is -0.386 e. The number of benzene rings is 1. The van der Waals surface area contributed by atoms with Gasteiger partial charge in [-0.15, -0.1) is 0 Å². The molecule has 1 amide bonds. The van der Waals surface area contributed by atoms with Crippen LogP contribution >= 0.6 is 0 Å². The van der Waals surface area contributed by atoms with Crippen LogP contribution in [0.5, 0.6) is 0 Å². The Bertz CT molecular complexity index is 988. The smallest absolute Gasteiger partial charge is 0.273 e.